The summed E-state index contributed by atoms with van der Waals surface area (Å²) in [5.74, 6) is 1.85. The minimum atomic E-state index is 0.150. The van der Waals surface area contributed by atoms with Crippen LogP contribution in [-0.4, -0.2) is 12.4 Å². The van der Waals surface area contributed by atoms with Gasteiger partial charge in [0.2, 0.25) is 0 Å². The second-order valence-electron chi connectivity index (χ2n) is 5.36. The van der Waals surface area contributed by atoms with Gasteiger partial charge in [0.15, 0.2) is 0 Å². The fourth-order valence-electron chi connectivity index (χ4n) is 1.73. The first-order chi connectivity index (χ1) is 8.99. The van der Waals surface area contributed by atoms with E-state index < -0.39 is 0 Å². The maximum atomic E-state index is 11.5. The van der Waals surface area contributed by atoms with Crippen molar-refractivity contribution in [2.45, 2.75) is 40.0 Å². The van der Waals surface area contributed by atoms with Crippen LogP contribution < -0.4 is 4.74 Å². The second kappa shape index (κ2) is 8.21. The molecule has 0 aliphatic heterocycles. The van der Waals surface area contributed by atoms with Gasteiger partial charge in [0.25, 0.3) is 0 Å². The average Bonchev–Trinajstić information content (AvgIpc) is 2.38. The van der Waals surface area contributed by atoms with Crippen molar-refractivity contribution in [3.63, 3.8) is 0 Å². The molecule has 1 aromatic rings. The molecular weight excluding hydrogens is 260 g/mol. The highest BCUT2D eigenvalue weighted by Crippen LogP contribution is 2.17. The van der Waals surface area contributed by atoms with Gasteiger partial charge in [-0.25, -0.2) is 0 Å². The van der Waals surface area contributed by atoms with E-state index in [4.69, 9.17) is 16.3 Å². The molecule has 0 heterocycles. The first-order valence-corrected chi connectivity index (χ1v) is 7.28. The lowest BCUT2D eigenvalue weighted by Gasteiger charge is -2.12. The molecule has 19 heavy (non-hydrogen) atoms. The summed E-state index contributed by atoms with van der Waals surface area (Å²) in [4.78, 5) is 11.5. The van der Waals surface area contributed by atoms with Crippen LogP contribution in [0.5, 0.6) is 5.75 Å². The highest BCUT2D eigenvalue weighted by atomic mass is 35.5. The van der Waals surface area contributed by atoms with Crippen LogP contribution in [0.3, 0.4) is 0 Å². The van der Waals surface area contributed by atoms with E-state index in [9.17, 15) is 4.79 Å². The van der Waals surface area contributed by atoms with Gasteiger partial charge in [-0.15, -0.1) is 0 Å². The van der Waals surface area contributed by atoms with E-state index in [1.165, 1.54) is 0 Å². The molecule has 0 spiro atoms. The Morgan fingerprint density at radius 3 is 2.37 bits per heavy atom. The SMILES string of the molecule is CC(CCOc1ccc(Cl)cc1)CCC(=O)C(C)C. The molecule has 1 unspecified atom stereocenters. The molecule has 1 aromatic carbocycles. The fourth-order valence-corrected chi connectivity index (χ4v) is 1.86. The number of benzene rings is 1. The largest absolute Gasteiger partial charge is 0.494 e. The predicted molar refractivity (Wildman–Crippen MR) is 79.8 cm³/mol. The molecule has 0 fully saturated rings. The van der Waals surface area contributed by atoms with E-state index in [0.29, 0.717) is 29.8 Å². The van der Waals surface area contributed by atoms with Crippen molar-refractivity contribution in [3.05, 3.63) is 29.3 Å². The van der Waals surface area contributed by atoms with Crippen molar-refractivity contribution in [2.24, 2.45) is 11.8 Å². The molecule has 1 rings (SSSR count). The third-order valence-electron chi connectivity index (χ3n) is 3.22. The van der Waals surface area contributed by atoms with Crippen LogP contribution in [0.2, 0.25) is 5.02 Å². The van der Waals surface area contributed by atoms with Crippen molar-refractivity contribution < 1.29 is 9.53 Å². The predicted octanol–water partition coefficient (Wildman–Crippen LogP) is 4.75. The normalized spacial score (nSPS) is 12.5. The summed E-state index contributed by atoms with van der Waals surface area (Å²) in [7, 11) is 0. The van der Waals surface area contributed by atoms with Gasteiger partial charge in [-0.3, -0.25) is 4.79 Å². The summed E-state index contributed by atoms with van der Waals surface area (Å²) in [6.45, 7) is 6.75. The van der Waals surface area contributed by atoms with Gasteiger partial charge >= 0.3 is 0 Å². The Morgan fingerprint density at radius 1 is 1.16 bits per heavy atom. The monoisotopic (exact) mass is 282 g/mol. The lowest BCUT2D eigenvalue weighted by Crippen LogP contribution is -2.10. The van der Waals surface area contributed by atoms with Crippen molar-refractivity contribution in [1.29, 1.82) is 0 Å². The molecule has 0 aliphatic carbocycles. The average molecular weight is 283 g/mol. The van der Waals surface area contributed by atoms with E-state index in [0.717, 1.165) is 18.6 Å². The van der Waals surface area contributed by atoms with E-state index in [1.54, 1.807) is 0 Å². The Kier molecular flexibility index (Phi) is 6.93. The maximum absolute atomic E-state index is 11.5. The third kappa shape index (κ3) is 6.63. The van der Waals surface area contributed by atoms with Crippen LogP contribution in [-0.2, 0) is 4.79 Å². The molecular formula is C16H23ClO2. The number of halogens is 1. The van der Waals surface area contributed by atoms with Crippen LogP contribution in [0.4, 0.5) is 0 Å². The number of carbonyl (C=O) groups excluding carboxylic acids is 1. The van der Waals surface area contributed by atoms with Gasteiger partial charge in [-0.05, 0) is 43.0 Å². The zero-order chi connectivity index (χ0) is 14.3. The fraction of sp³-hybridized carbons (Fsp3) is 0.562. The smallest absolute Gasteiger partial charge is 0.135 e. The summed E-state index contributed by atoms with van der Waals surface area (Å²) in [5, 5.41) is 0.716. The Bertz CT molecular complexity index is 384. The molecule has 0 radical (unpaired) electrons. The lowest BCUT2D eigenvalue weighted by molar-refractivity contribution is -0.122. The van der Waals surface area contributed by atoms with Gasteiger partial charge in [0.05, 0.1) is 6.61 Å². The number of hydrogen-bond acceptors (Lipinski definition) is 2. The molecule has 0 bridgehead atoms. The van der Waals surface area contributed by atoms with Crippen LogP contribution in [0.15, 0.2) is 24.3 Å². The van der Waals surface area contributed by atoms with Crippen molar-refractivity contribution in [1.82, 2.24) is 0 Å². The summed E-state index contributed by atoms with van der Waals surface area (Å²) < 4.78 is 5.64. The molecule has 2 nitrogen and oxygen atoms in total. The van der Waals surface area contributed by atoms with E-state index in [1.807, 2.05) is 38.1 Å². The van der Waals surface area contributed by atoms with Crippen LogP contribution in [0, 0.1) is 11.8 Å². The van der Waals surface area contributed by atoms with Crippen molar-refractivity contribution >= 4 is 17.4 Å². The van der Waals surface area contributed by atoms with Crippen LogP contribution >= 0.6 is 11.6 Å². The highest BCUT2D eigenvalue weighted by Gasteiger charge is 2.10. The van der Waals surface area contributed by atoms with Gasteiger partial charge in [0, 0.05) is 17.4 Å². The molecule has 3 heteroatoms. The van der Waals surface area contributed by atoms with Crippen molar-refractivity contribution in [3.8, 4) is 5.75 Å². The Balaban J connectivity index is 2.18. The van der Waals surface area contributed by atoms with Crippen LogP contribution in [0.25, 0.3) is 0 Å². The van der Waals surface area contributed by atoms with E-state index in [-0.39, 0.29) is 5.92 Å². The summed E-state index contributed by atoms with van der Waals surface area (Å²) in [6, 6.07) is 7.38. The molecule has 0 amide bonds. The Morgan fingerprint density at radius 2 is 1.79 bits per heavy atom. The maximum Gasteiger partial charge on any atom is 0.135 e. The molecule has 1 atom stereocenters. The van der Waals surface area contributed by atoms with Gasteiger partial charge < -0.3 is 4.74 Å². The first-order valence-electron chi connectivity index (χ1n) is 6.90. The quantitative estimate of drug-likeness (QED) is 0.688. The standard InChI is InChI=1S/C16H23ClO2/c1-12(2)16(18)9-4-13(3)10-11-19-15-7-5-14(17)6-8-15/h5-8,12-13H,4,9-11H2,1-3H3. The van der Waals surface area contributed by atoms with Gasteiger partial charge in [0.1, 0.15) is 11.5 Å². The summed E-state index contributed by atoms with van der Waals surface area (Å²) in [5.41, 5.74) is 0. The lowest BCUT2D eigenvalue weighted by atomic mass is 9.97. The summed E-state index contributed by atoms with van der Waals surface area (Å²) in [6.07, 6.45) is 2.59. The Labute approximate surface area is 121 Å². The molecule has 0 N–H and O–H groups in total. The highest BCUT2D eigenvalue weighted by molar-refractivity contribution is 6.30. The molecule has 0 saturated heterocycles. The number of ketones is 1. The number of hydrogen-bond donors (Lipinski definition) is 0. The zero-order valence-corrected chi connectivity index (χ0v) is 12.7. The van der Waals surface area contributed by atoms with E-state index in [2.05, 4.69) is 6.92 Å². The van der Waals surface area contributed by atoms with Crippen molar-refractivity contribution in [2.75, 3.05) is 6.61 Å². The van der Waals surface area contributed by atoms with Crippen LogP contribution in [0.1, 0.15) is 40.0 Å². The Hall–Kier alpha value is -1.02. The summed E-state index contributed by atoms with van der Waals surface area (Å²) >= 11 is 5.81. The molecule has 0 aromatic heterocycles. The number of Topliss-reactive ketones (excluding diaryl/α,β-unsaturated/α-hetero) is 1. The van der Waals surface area contributed by atoms with Gasteiger partial charge in [-0.2, -0.15) is 0 Å². The minimum absolute atomic E-state index is 0.150. The second-order valence-corrected chi connectivity index (χ2v) is 5.79. The van der Waals surface area contributed by atoms with E-state index >= 15 is 0 Å². The first kappa shape index (κ1) is 16.0. The zero-order valence-electron chi connectivity index (χ0n) is 12.0. The minimum Gasteiger partial charge on any atom is -0.494 e. The van der Waals surface area contributed by atoms with Gasteiger partial charge in [-0.1, -0.05) is 32.4 Å². The topological polar surface area (TPSA) is 26.3 Å². The third-order valence-corrected chi connectivity index (χ3v) is 3.47. The number of ether oxygens (including phenoxy) is 1. The number of rotatable bonds is 8. The number of carbonyl (C=O) groups is 1. The molecule has 106 valence electrons. The molecule has 0 aliphatic rings. The molecule has 0 saturated carbocycles.